The van der Waals surface area contributed by atoms with E-state index in [1.165, 1.54) is 5.56 Å². The third-order valence-corrected chi connectivity index (χ3v) is 2.86. The third-order valence-electron chi connectivity index (χ3n) is 2.86. The average molecular weight is 206 g/mol. The van der Waals surface area contributed by atoms with Crippen LogP contribution in [0.3, 0.4) is 0 Å². The molecule has 1 aliphatic heterocycles. The number of benzene rings is 1. The second-order valence-electron chi connectivity index (χ2n) is 5.20. The van der Waals surface area contributed by atoms with Gasteiger partial charge in [-0.05, 0) is 11.0 Å². The fourth-order valence-corrected chi connectivity index (χ4v) is 1.92. The number of rotatable bonds is 1. The summed E-state index contributed by atoms with van der Waals surface area (Å²) < 4.78 is 5.59. The number of aliphatic hydroxyl groups excluding tert-OH is 1. The van der Waals surface area contributed by atoms with Crippen LogP contribution in [0.1, 0.15) is 38.0 Å². The van der Waals surface area contributed by atoms with Crippen LogP contribution in [0.25, 0.3) is 0 Å². The summed E-state index contributed by atoms with van der Waals surface area (Å²) in [7, 11) is 0. The van der Waals surface area contributed by atoms with Gasteiger partial charge in [0, 0.05) is 12.0 Å². The summed E-state index contributed by atoms with van der Waals surface area (Å²) in [6.45, 7) is 6.84. The highest BCUT2D eigenvalue weighted by molar-refractivity contribution is 5.45. The van der Waals surface area contributed by atoms with E-state index in [0.717, 1.165) is 24.3 Å². The van der Waals surface area contributed by atoms with Crippen molar-refractivity contribution in [1.29, 1.82) is 0 Å². The molecule has 1 aromatic rings. The van der Waals surface area contributed by atoms with Gasteiger partial charge in [0.2, 0.25) is 0 Å². The zero-order valence-corrected chi connectivity index (χ0v) is 9.58. The fourth-order valence-electron chi connectivity index (χ4n) is 1.92. The molecule has 0 radical (unpaired) electrons. The van der Waals surface area contributed by atoms with Crippen LogP contribution in [0.15, 0.2) is 18.2 Å². The molecule has 1 N–H and O–H groups in total. The van der Waals surface area contributed by atoms with Gasteiger partial charge in [0.25, 0.3) is 0 Å². The maximum absolute atomic E-state index is 10.2. The Kier molecular flexibility index (Phi) is 2.47. The van der Waals surface area contributed by atoms with Crippen LogP contribution < -0.4 is 4.74 Å². The quantitative estimate of drug-likeness (QED) is 0.765. The van der Waals surface area contributed by atoms with Crippen LogP contribution >= 0.6 is 0 Å². The lowest BCUT2D eigenvalue weighted by molar-refractivity contribution is 0.0603. The number of aliphatic hydroxyl groups is 1. The summed E-state index contributed by atoms with van der Waals surface area (Å²) in [5.41, 5.74) is 1.99. The summed E-state index contributed by atoms with van der Waals surface area (Å²) in [6.07, 6.45) is 0.491. The molecule has 0 spiro atoms. The van der Waals surface area contributed by atoms with E-state index < -0.39 is 6.10 Å². The molecule has 0 saturated carbocycles. The van der Waals surface area contributed by atoms with Crippen molar-refractivity contribution in [1.82, 2.24) is 0 Å². The Morgan fingerprint density at radius 3 is 2.73 bits per heavy atom. The van der Waals surface area contributed by atoms with Crippen LogP contribution in [-0.2, 0) is 6.42 Å². The molecule has 0 aromatic heterocycles. The molecule has 0 unspecified atom stereocenters. The molecule has 1 aromatic carbocycles. The van der Waals surface area contributed by atoms with Crippen molar-refractivity contribution in [3.63, 3.8) is 0 Å². The monoisotopic (exact) mass is 206 g/mol. The van der Waals surface area contributed by atoms with E-state index >= 15 is 0 Å². The lowest BCUT2D eigenvalue weighted by Crippen LogP contribution is -2.18. The minimum absolute atomic E-state index is 0.152. The van der Waals surface area contributed by atoms with Crippen molar-refractivity contribution < 1.29 is 9.84 Å². The Balaban J connectivity index is 2.41. The van der Waals surface area contributed by atoms with Crippen LogP contribution in [0, 0.1) is 5.41 Å². The predicted molar refractivity (Wildman–Crippen MR) is 60.1 cm³/mol. The number of hydrogen-bond donors (Lipinski definition) is 1. The largest absolute Gasteiger partial charge is 0.493 e. The van der Waals surface area contributed by atoms with Gasteiger partial charge in [0.05, 0.1) is 12.7 Å². The molecule has 1 aliphatic rings. The summed E-state index contributed by atoms with van der Waals surface area (Å²) in [4.78, 5) is 0. The van der Waals surface area contributed by atoms with Gasteiger partial charge in [0.15, 0.2) is 0 Å². The lowest BCUT2D eigenvalue weighted by atomic mass is 9.84. The molecule has 2 heteroatoms. The number of para-hydroxylation sites is 1. The van der Waals surface area contributed by atoms with Crippen molar-refractivity contribution in [2.75, 3.05) is 6.61 Å². The molecular formula is C13H18O2. The first-order chi connectivity index (χ1) is 7.00. The first kappa shape index (κ1) is 10.5. The highest BCUT2D eigenvalue weighted by atomic mass is 16.5. The van der Waals surface area contributed by atoms with Gasteiger partial charge in [-0.3, -0.25) is 0 Å². The van der Waals surface area contributed by atoms with Crippen molar-refractivity contribution in [2.45, 2.75) is 33.3 Å². The van der Waals surface area contributed by atoms with Crippen LogP contribution in [0.4, 0.5) is 0 Å². The molecule has 0 aliphatic carbocycles. The van der Waals surface area contributed by atoms with Gasteiger partial charge < -0.3 is 9.84 Å². The molecule has 0 saturated heterocycles. The lowest BCUT2D eigenvalue weighted by Gasteiger charge is -2.27. The van der Waals surface area contributed by atoms with Gasteiger partial charge in [-0.25, -0.2) is 0 Å². The molecule has 0 fully saturated rings. The molecule has 2 nitrogen and oxygen atoms in total. The molecule has 0 bridgehead atoms. The predicted octanol–water partition coefficient (Wildman–Crippen LogP) is 2.70. The Morgan fingerprint density at radius 1 is 1.33 bits per heavy atom. The molecule has 1 heterocycles. The zero-order valence-electron chi connectivity index (χ0n) is 9.58. The van der Waals surface area contributed by atoms with Crippen LogP contribution in [-0.4, -0.2) is 11.7 Å². The van der Waals surface area contributed by atoms with Crippen LogP contribution in [0.2, 0.25) is 0 Å². The van der Waals surface area contributed by atoms with Crippen molar-refractivity contribution in [2.24, 2.45) is 5.41 Å². The van der Waals surface area contributed by atoms with E-state index in [4.69, 9.17) is 4.74 Å². The summed E-state index contributed by atoms with van der Waals surface area (Å²) in [5.74, 6) is 0.903. The molecule has 82 valence electrons. The van der Waals surface area contributed by atoms with E-state index in [1.807, 2.05) is 32.9 Å². The fraction of sp³-hybridized carbons (Fsp3) is 0.538. The molecule has 1 atom stereocenters. The third kappa shape index (κ3) is 1.86. The van der Waals surface area contributed by atoms with Gasteiger partial charge in [-0.1, -0.05) is 39.0 Å². The van der Waals surface area contributed by atoms with Crippen LogP contribution in [0.5, 0.6) is 5.75 Å². The van der Waals surface area contributed by atoms with Gasteiger partial charge in [-0.2, -0.15) is 0 Å². The highest BCUT2D eigenvalue weighted by Gasteiger charge is 2.28. The normalized spacial score (nSPS) is 17.1. The topological polar surface area (TPSA) is 29.5 Å². The van der Waals surface area contributed by atoms with Crippen molar-refractivity contribution in [3.8, 4) is 5.75 Å². The first-order valence-electron chi connectivity index (χ1n) is 5.43. The maximum Gasteiger partial charge on any atom is 0.128 e. The van der Waals surface area contributed by atoms with E-state index in [-0.39, 0.29) is 5.41 Å². The Hall–Kier alpha value is -1.02. The zero-order chi connectivity index (χ0) is 11.1. The molecule has 0 amide bonds. The van der Waals surface area contributed by atoms with Gasteiger partial charge in [0.1, 0.15) is 5.75 Å². The number of ether oxygens (including phenoxy) is 1. The van der Waals surface area contributed by atoms with Crippen molar-refractivity contribution in [3.05, 3.63) is 29.3 Å². The number of fused-ring (bicyclic) bond motifs is 1. The molecule has 15 heavy (non-hydrogen) atoms. The standard InChI is InChI=1S/C13H18O2/c1-13(2,3)12(14)10-6-4-5-9-7-8-15-11(9)10/h4-6,12,14H,7-8H2,1-3H3/t12-/m1/s1. The summed E-state index contributed by atoms with van der Waals surface area (Å²) in [5, 5.41) is 10.2. The number of hydrogen-bond acceptors (Lipinski definition) is 2. The van der Waals surface area contributed by atoms with E-state index in [1.54, 1.807) is 0 Å². The minimum atomic E-state index is -0.467. The summed E-state index contributed by atoms with van der Waals surface area (Å²) in [6, 6.07) is 6.03. The van der Waals surface area contributed by atoms with Gasteiger partial charge >= 0.3 is 0 Å². The average Bonchev–Trinajstić information content (AvgIpc) is 2.62. The highest BCUT2D eigenvalue weighted by Crippen LogP contribution is 2.40. The van der Waals surface area contributed by atoms with Crippen molar-refractivity contribution >= 4 is 0 Å². The first-order valence-corrected chi connectivity index (χ1v) is 5.43. The Labute approximate surface area is 90.9 Å². The second kappa shape index (κ2) is 3.53. The van der Waals surface area contributed by atoms with Gasteiger partial charge in [-0.15, -0.1) is 0 Å². The summed E-state index contributed by atoms with van der Waals surface area (Å²) >= 11 is 0. The SMILES string of the molecule is CC(C)(C)[C@H](O)c1cccc2c1OCC2. The second-order valence-corrected chi connectivity index (χ2v) is 5.20. The van der Waals surface area contributed by atoms with E-state index in [2.05, 4.69) is 6.07 Å². The molecule has 2 rings (SSSR count). The Morgan fingerprint density at radius 2 is 2.07 bits per heavy atom. The van der Waals surface area contributed by atoms with E-state index in [0.29, 0.717) is 0 Å². The maximum atomic E-state index is 10.2. The van der Waals surface area contributed by atoms with E-state index in [9.17, 15) is 5.11 Å². The minimum Gasteiger partial charge on any atom is -0.493 e. The molecular weight excluding hydrogens is 188 g/mol. The Bertz CT molecular complexity index is 363. The smallest absolute Gasteiger partial charge is 0.128 e.